The molecule has 3 heterocycles. The highest BCUT2D eigenvalue weighted by Gasteiger charge is 2.11. The van der Waals surface area contributed by atoms with Crippen molar-refractivity contribution in [3.8, 4) is 17.5 Å². The van der Waals surface area contributed by atoms with Gasteiger partial charge < -0.3 is 4.57 Å². The van der Waals surface area contributed by atoms with Crippen LogP contribution in [0.2, 0.25) is 0 Å². The SMILES string of the molecule is Cc1cc(CC(=O)c2ccc(C)c(C#Cc3cnn4cccnc34)c2)cc(-n2ccnc2)c1. The van der Waals surface area contributed by atoms with Gasteiger partial charge >= 0.3 is 0 Å². The minimum Gasteiger partial charge on any atom is -0.306 e. The van der Waals surface area contributed by atoms with Crippen LogP contribution in [0.25, 0.3) is 11.3 Å². The number of fused-ring (bicyclic) bond motifs is 1. The Morgan fingerprint density at radius 3 is 2.73 bits per heavy atom. The van der Waals surface area contributed by atoms with E-state index in [1.54, 1.807) is 29.4 Å². The van der Waals surface area contributed by atoms with Gasteiger partial charge in [0, 0.05) is 48.0 Å². The van der Waals surface area contributed by atoms with Gasteiger partial charge in [-0.25, -0.2) is 14.5 Å². The molecule has 0 bridgehead atoms. The van der Waals surface area contributed by atoms with Crippen molar-refractivity contribution >= 4 is 11.4 Å². The summed E-state index contributed by atoms with van der Waals surface area (Å²) in [6.07, 6.45) is 11.0. The van der Waals surface area contributed by atoms with Crippen LogP contribution in [0, 0.1) is 25.7 Å². The van der Waals surface area contributed by atoms with E-state index in [9.17, 15) is 4.79 Å². The van der Waals surface area contributed by atoms with Crippen LogP contribution in [-0.4, -0.2) is 29.9 Å². The van der Waals surface area contributed by atoms with Crippen molar-refractivity contribution < 1.29 is 4.79 Å². The first-order valence-corrected chi connectivity index (χ1v) is 10.6. The Labute approximate surface area is 191 Å². The minimum absolute atomic E-state index is 0.0536. The zero-order valence-electron chi connectivity index (χ0n) is 18.4. The molecule has 0 unspecified atom stereocenters. The van der Waals surface area contributed by atoms with Crippen LogP contribution in [0.4, 0.5) is 0 Å². The Balaban J connectivity index is 1.41. The van der Waals surface area contributed by atoms with E-state index < -0.39 is 0 Å². The molecule has 6 heteroatoms. The van der Waals surface area contributed by atoms with Gasteiger partial charge in [0.2, 0.25) is 0 Å². The normalized spacial score (nSPS) is 10.7. The van der Waals surface area contributed by atoms with Crippen LogP contribution in [0.5, 0.6) is 0 Å². The lowest BCUT2D eigenvalue weighted by molar-refractivity contribution is 0.0993. The van der Waals surface area contributed by atoms with Gasteiger partial charge in [0.15, 0.2) is 11.4 Å². The van der Waals surface area contributed by atoms with Crippen molar-refractivity contribution in [2.45, 2.75) is 20.3 Å². The first-order chi connectivity index (χ1) is 16.1. The fourth-order valence-electron chi connectivity index (χ4n) is 3.77. The van der Waals surface area contributed by atoms with E-state index in [-0.39, 0.29) is 5.78 Å². The Hall–Kier alpha value is -4.50. The average Bonchev–Trinajstić information content (AvgIpc) is 3.49. The number of rotatable bonds is 4. The van der Waals surface area contributed by atoms with Crippen molar-refractivity contribution in [2.75, 3.05) is 0 Å². The molecule has 160 valence electrons. The van der Waals surface area contributed by atoms with Crippen molar-refractivity contribution in [3.63, 3.8) is 0 Å². The number of hydrogen-bond donors (Lipinski definition) is 0. The van der Waals surface area contributed by atoms with Gasteiger partial charge in [-0.15, -0.1) is 0 Å². The quantitative estimate of drug-likeness (QED) is 0.313. The van der Waals surface area contributed by atoms with Crippen LogP contribution in [0.3, 0.4) is 0 Å². The highest BCUT2D eigenvalue weighted by molar-refractivity contribution is 5.98. The molecule has 0 saturated heterocycles. The molecule has 0 aliphatic heterocycles. The predicted octanol–water partition coefficient (Wildman–Crippen LogP) is 4.36. The van der Waals surface area contributed by atoms with Crippen LogP contribution < -0.4 is 0 Å². The summed E-state index contributed by atoms with van der Waals surface area (Å²) < 4.78 is 3.63. The van der Waals surface area contributed by atoms with E-state index in [0.29, 0.717) is 17.6 Å². The van der Waals surface area contributed by atoms with Gasteiger partial charge in [0.05, 0.1) is 18.1 Å². The Morgan fingerprint density at radius 2 is 1.88 bits per heavy atom. The van der Waals surface area contributed by atoms with E-state index in [2.05, 4.69) is 33.0 Å². The molecule has 0 fully saturated rings. The Bertz CT molecular complexity index is 1530. The number of aromatic nitrogens is 5. The lowest BCUT2D eigenvalue weighted by Gasteiger charge is -2.09. The third-order valence-corrected chi connectivity index (χ3v) is 5.46. The summed E-state index contributed by atoms with van der Waals surface area (Å²) in [6.45, 7) is 4.02. The number of Topliss-reactive ketones (excluding diaryl/α,β-unsaturated/α-hetero) is 1. The van der Waals surface area contributed by atoms with Crippen molar-refractivity contribution in [1.82, 2.24) is 24.1 Å². The summed E-state index contributed by atoms with van der Waals surface area (Å²) >= 11 is 0. The number of imidazole rings is 1. The standard InChI is InChI=1S/C27H21N5O/c1-19-12-21(14-25(13-19)31-11-9-28-18-31)15-26(33)23-5-4-20(2)22(16-23)6-7-24-17-30-32-10-3-8-29-27(24)32/h3-5,8-14,16-18H,15H2,1-2H3. The number of benzene rings is 2. The van der Waals surface area contributed by atoms with E-state index in [0.717, 1.165) is 33.5 Å². The molecular weight excluding hydrogens is 410 g/mol. The minimum atomic E-state index is 0.0536. The largest absolute Gasteiger partial charge is 0.306 e. The van der Waals surface area contributed by atoms with Gasteiger partial charge in [-0.05, 0) is 54.8 Å². The van der Waals surface area contributed by atoms with E-state index >= 15 is 0 Å². The second-order valence-electron chi connectivity index (χ2n) is 7.97. The maximum atomic E-state index is 13.1. The molecule has 0 radical (unpaired) electrons. The number of carbonyl (C=O) groups excluding carboxylic acids is 1. The summed E-state index contributed by atoms with van der Waals surface area (Å²) in [7, 11) is 0. The van der Waals surface area contributed by atoms with E-state index in [4.69, 9.17) is 0 Å². The first-order valence-electron chi connectivity index (χ1n) is 10.6. The van der Waals surface area contributed by atoms with E-state index in [1.165, 1.54) is 0 Å². The van der Waals surface area contributed by atoms with Crippen LogP contribution >= 0.6 is 0 Å². The summed E-state index contributed by atoms with van der Waals surface area (Å²) in [6, 6.07) is 13.7. The second-order valence-corrected chi connectivity index (χ2v) is 7.97. The van der Waals surface area contributed by atoms with Gasteiger partial charge in [0.25, 0.3) is 0 Å². The Morgan fingerprint density at radius 1 is 1.00 bits per heavy atom. The molecule has 0 aliphatic rings. The maximum Gasteiger partial charge on any atom is 0.170 e. The lowest BCUT2D eigenvalue weighted by Crippen LogP contribution is -2.05. The van der Waals surface area contributed by atoms with Crippen molar-refractivity contribution in [2.24, 2.45) is 0 Å². The van der Waals surface area contributed by atoms with Gasteiger partial charge in [-0.1, -0.05) is 30.0 Å². The third-order valence-electron chi connectivity index (χ3n) is 5.46. The zero-order valence-corrected chi connectivity index (χ0v) is 18.4. The summed E-state index contributed by atoms with van der Waals surface area (Å²) in [4.78, 5) is 21.6. The molecule has 3 aromatic heterocycles. The molecule has 0 N–H and O–H groups in total. The molecule has 0 spiro atoms. The molecule has 6 nitrogen and oxygen atoms in total. The fourth-order valence-corrected chi connectivity index (χ4v) is 3.77. The van der Waals surface area contributed by atoms with Crippen molar-refractivity contribution in [3.05, 3.63) is 113 Å². The number of aryl methyl sites for hydroxylation is 2. The third kappa shape index (κ3) is 4.30. The number of nitrogens with zero attached hydrogens (tertiary/aromatic N) is 5. The molecule has 2 aromatic carbocycles. The van der Waals surface area contributed by atoms with Gasteiger partial charge in [0.1, 0.15) is 0 Å². The molecule has 0 aliphatic carbocycles. The Kier molecular flexibility index (Phi) is 5.29. The monoisotopic (exact) mass is 431 g/mol. The lowest BCUT2D eigenvalue weighted by atomic mass is 9.97. The van der Waals surface area contributed by atoms with Crippen molar-refractivity contribution in [1.29, 1.82) is 0 Å². The predicted molar refractivity (Wildman–Crippen MR) is 126 cm³/mol. The highest BCUT2D eigenvalue weighted by atomic mass is 16.1. The average molecular weight is 431 g/mol. The number of carbonyl (C=O) groups is 1. The second kappa shape index (κ2) is 8.56. The molecule has 0 amide bonds. The number of ketones is 1. The fraction of sp³-hybridized carbons (Fsp3) is 0.111. The topological polar surface area (TPSA) is 65.1 Å². The number of hydrogen-bond acceptors (Lipinski definition) is 4. The zero-order chi connectivity index (χ0) is 22.8. The van der Waals surface area contributed by atoms with Crippen LogP contribution in [0.1, 0.15) is 38.2 Å². The first kappa shape index (κ1) is 20.4. The molecule has 5 rings (SSSR count). The van der Waals surface area contributed by atoms with Gasteiger partial charge in [-0.2, -0.15) is 5.10 Å². The smallest absolute Gasteiger partial charge is 0.170 e. The summed E-state index contributed by atoms with van der Waals surface area (Å²) in [5.41, 5.74) is 7.00. The summed E-state index contributed by atoms with van der Waals surface area (Å²) in [5, 5.41) is 4.27. The highest BCUT2D eigenvalue weighted by Crippen LogP contribution is 2.18. The molecule has 5 aromatic rings. The molecule has 0 saturated carbocycles. The molecule has 33 heavy (non-hydrogen) atoms. The van der Waals surface area contributed by atoms with Gasteiger partial charge in [-0.3, -0.25) is 4.79 Å². The van der Waals surface area contributed by atoms with E-state index in [1.807, 2.05) is 67.2 Å². The molecule has 0 atom stereocenters. The molecular formula is C27H21N5O. The maximum absolute atomic E-state index is 13.1. The summed E-state index contributed by atoms with van der Waals surface area (Å²) in [5.74, 6) is 6.41. The van der Waals surface area contributed by atoms with Crippen LogP contribution in [0.15, 0.2) is 79.8 Å². The van der Waals surface area contributed by atoms with Crippen LogP contribution in [-0.2, 0) is 6.42 Å².